The Bertz CT molecular complexity index is 1630. The number of unbranched alkanes of at least 4 members (excludes halogenated alkanes) is 1. The molecule has 11 heteroatoms. The average Bonchev–Trinajstić information content (AvgIpc) is 3.95. The van der Waals surface area contributed by atoms with Gasteiger partial charge in [-0.25, -0.2) is 13.2 Å². The third-order valence-corrected chi connectivity index (χ3v) is 10.4. The van der Waals surface area contributed by atoms with Crippen molar-refractivity contribution in [2.24, 2.45) is 0 Å². The predicted molar refractivity (Wildman–Crippen MR) is 178 cm³/mol. The second-order valence-corrected chi connectivity index (χ2v) is 15.2. The Labute approximate surface area is 277 Å². The van der Waals surface area contributed by atoms with Crippen molar-refractivity contribution in [3.63, 3.8) is 0 Å². The number of halogens is 1. The zero-order chi connectivity index (χ0) is 33.0. The highest BCUT2D eigenvalue weighted by Gasteiger charge is 2.48. The lowest BCUT2D eigenvalue weighted by molar-refractivity contribution is 0.0173. The largest absolute Gasteiger partial charge is 0.490 e. The third-order valence-electron chi connectivity index (χ3n) is 8.03. The zero-order valence-corrected chi connectivity index (χ0v) is 28.6. The van der Waals surface area contributed by atoms with Crippen molar-refractivity contribution in [3.05, 3.63) is 77.1 Å². The van der Waals surface area contributed by atoms with E-state index in [2.05, 4.69) is 16.4 Å². The van der Waals surface area contributed by atoms with Crippen LogP contribution in [0.1, 0.15) is 77.3 Å². The Hall–Kier alpha value is -3.18. The van der Waals surface area contributed by atoms with Crippen molar-refractivity contribution in [1.29, 1.82) is 0 Å². The van der Waals surface area contributed by atoms with Crippen molar-refractivity contribution < 1.29 is 27.4 Å². The van der Waals surface area contributed by atoms with Crippen LogP contribution in [0.25, 0.3) is 11.1 Å². The molecule has 0 saturated heterocycles. The first kappa shape index (κ1) is 34.2. The summed E-state index contributed by atoms with van der Waals surface area (Å²) in [5.74, 6) is 0.856. The highest BCUT2D eigenvalue weighted by atomic mass is 35.5. The number of hydrogen-bond donors (Lipinski definition) is 1. The van der Waals surface area contributed by atoms with E-state index in [-0.39, 0.29) is 17.6 Å². The highest BCUT2D eigenvalue weighted by Crippen LogP contribution is 2.53. The van der Waals surface area contributed by atoms with Crippen LogP contribution in [0.2, 0.25) is 5.02 Å². The summed E-state index contributed by atoms with van der Waals surface area (Å²) in [6.45, 7) is 8.41. The number of nitrogens with zero attached hydrogens (tertiary/aromatic N) is 2. The monoisotopic (exact) mass is 669 g/mol. The van der Waals surface area contributed by atoms with E-state index in [1.165, 1.54) is 10.4 Å². The number of ether oxygens (including phenoxy) is 3. The number of amides is 1. The van der Waals surface area contributed by atoms with E-state index in [0.717, 1.165) is 48.1 Å². The molecular formula is C35H44ClN3O6S. The van der Waals surface area contributed by atoms with Crippen LogP contribution in [0.4, 0.5) is 4.79 Å². The summed E-state index contributed by atoms with van der Waals surface area (Å²) >= 11 is 6.58. The van der Waals surface area contributed by atoms with Gasteiger partial charge in [0.1, 0.15) is 11.4 Å². The minimum Gasteiger partial charge on any atom is -0.490 e. The topological polar surface area (TPSA) is 107 Å². The maximum atomic E-state index is 13.6. The van der Waals surface area contributed by atoms with Gasteiger partial charge in [0.15, 0.2) is 0 Å². The number of pyridine rings is 1. The van der Waals surface area contributed by atoms with Crippen molar-refractivity contribution >= 4 is 27.7 Å². The first-order chi connectivity index (χ1) is 21.9. The zero-order valence-electron chi connectivity index (χ0n) is 27.1. The Morgan fingerprint density at radius 2 is 1.85 bits per heavy atom. The smallest absolute Gasteiger partial charge is 0.407 e. The number of para-hydroxylation sites is 1. The van der Waals surface area contributed by atoms with Crippen LogP contribution in [0.3, 0.4) is 0 Å². The molecule has 0 spiro atoms. The molecule has 1 aromatic heterocycles. The second kappa shape index (κ2) is 14.3. The van der Waals surface area contributed by atoms with Gasteiger partial charge in [0.05, 0.1) is 23.2 Å². The lowest BCUT2D eigenvalue weighted by Gasteiger charge is -2.23. The molecule has 5 rings (SSSR count). The summed E-state index contributed by atoms with van der Waals surface area (Å²) in [4.78, 5) is 16.5. The van der Waals surface area contributed by atoms with Crippen molar-refractivity contribution in [2.45, 2.75) is 95.0 Å². The van der Waals surface area contributed by atoms with Crippen LogP contribution in [0.5, 0.6) is 5.75 Å². The van der Waals surface area contributed by atoms with Crippen molar-refractivity contribution in [2.75, 3.05) is 19.6 Å². The minimum absolute atomic E-state index is 0.152. The number of nitrogens with one attached hydrogen (secondary N) is 1. The lowest BCUT2D eigenvalue weighted by atomic mass is 9.96. The Morgan fingerprint density at radius 1 is 1.09 bits per heavy atom. The van der Waals surface area contributed by atoms with Crippen LogP contribution >= 0.6 is 11.6 Å². The summed E-state index contributed by atoms with van der Waals surface area (Å²) < 4.78 is 46.8. The van der Waals surface area contributed by atoms with Gasteiger partial charge in [0.25, 0.3) is 0 Å². The minimum atomic E-state index is -3.78. The molecule has 1 heterocycles. The van der Waals surface area contributed by atoms with E-state index >= 15 is 0 Å². The number of carbonyl (C=O) groups excluding carboxylic acids is 1. The molecule has 9 nitrogen and oxygen atoms in total. The van der Waals surface area contributed by atoms with E-state index < -0.39 is 27.3 Å². The van der Waals surface area contributed by atoms with Crippen LogP contribution in [0, 0.1) is 0 Å². The van der Waals surface area contributed by atoms with Gasteiger partial charge in [0.2, 0.25) is 10.0 Å². The standard InChI is InChI=1S/C35H44ClN3O6S/c1-5-39(21-9-8-19-38-33(40)45-34(2,3)4)46(41,42)27-14-15-31(36)25(22-27)24-43-35(17-18-35)30-23-37-20-16-28(30)29-10-6-7-11-32(29)44-26-12-13-26/h6-7,10-11,14-16,20,22-23,26H,5,8-9,12-13,17-19,21,24H2,1-4H3,(H,38,40). The molecule has 248 valence electrons. The van der Waals surface area contributed by atoms with Crippen LogP contribution in [0.15, 0.2) is 65.8 Å². The quantitative estimate of drug-likeness (QED) is 0.167. The first-order valence-electron chi connectivity index (χ1n) is 16.0. The number of sulfonamides is 1. The van der Waals surface area contributed by atoms with Crippen LogP contribution in [-0.2, 0) is 31.7 Å². The van der Waals surface area contributed by atoms with Crippen molar-refractivity contribution in [1.82, 2.24) is 14.6 Å². The number of hydrogen-bond acceptors (Lipinski definition) is 7. The highest BCUT2D eigenvalue weighted by molar-refractivity contribution is 7.89. The van der Waals surface area contributed by atoms with Gasteiger partial charge in [-0.3, -0.25) is 4.98 Å². The Balaban J connectivity index is 1.25. The predicted octanol–water partition coefficient (Wildman–Crippen LogP) is 7.46. The molecule has 0 radical (unpaired) electrons. The third kappa shape index (κ3) is 8.59. The number of carbonyl (C=O) groups is 1. The molecule has 2 aliphatic carbocycles. The van der Waals surface area contributed by atoms with Gasteiger partial charge in [-0.1, -0.05) is 36.7 Å². The second-order valence-electron chi connectivity index (χ2n) is 12.9. The first-order valence-corrected chi connectivity index (χ1v) is 17.8. The van der Waals surface area contributed by atoms with Gasteiger partial charge < -0.3 is 19.5 Å². The van der Waals surface area contributed by atoms with Gasteiger partial charge in [-0.15, -0.1) is 0 Å². The van der Waals surface area contributed by atoms with Crippen molar-refractivity contribution in [3.8, 4) is 16.9 Å². The normalized spacial score (nSPS) is 15.9. The molecule has 0 bridgehead atoms. The Morgan fingerprint density at radius 3 is 2.54 bits per heavy atom. The van der Waals surface area contributed by atoms with Gasteiger partial charge in [-0.2, -0.15) is 4.31 Å². The fraction of sp³-hybridized carbons (Fsp3) is 0.486. The summed E-state index contributed by atoms with van der Waals surface area (Å²) in [6.07, 6.45) is 8.41. The van der Waals surface area contributed by atoms with E-state index in [0.29, 0.717) is 43.1 Å². The average molecular weight is 670 g/mol. The van der Waals surface area contributed by atoms with E-state index in [1.54, 1.807) is 39.1 Å². The molecule has 46 heavy (non-hydrogen) atoms. The molecule has 3 aromatic rings. The molecule has 2 saturated carbocycles. The summed E-state index contributed by atoms with van der Waals surface area (Å²) in [7, 11) is -3.78. The molecule has 1 N–H and O–H groups in total. The molecule has 0 unspecified atom stereocenters. The van der Waals surface area contributed by atoms with Gasteiger partial charge in [0, 0.05) is 48.2 Å². The van der Waals surface area contributed by atoms with Gasteiger partial charge in [-0.05, 0) is 101 Å². The summed E-state index contributed by atoms with van der Waals surface area (Å²) in [5.41, 5.74) is 2.50. The van der Waals surface area contributed by atoms with Crippen LogP contribution < -0.4 is 10.1 Å². The summed E-state index contributed by atoms with van der Waals surface area (Å²) in [6, 6.07) is 14.8. The SMILES string of the molecule is CCN(CCCCNC(=O)OC(C)(C)C)S(=O)(=O)c1ccc(Cl)c(COC2(c3cnccc3-c3ccccc3OC3CC3)CC2)c1. The number of alkyl carbamates (subject to hydrolysis) is 1. The fourth-order valence-corrected chi connectivity index (χ4v) is 7.02. The van der Waals surface area contributed by atoms with E-state index in [9.17, 15) is 13.2 Å². The van der Waals surface area contributed by atoms with E-state index in [1.807, 2.05) is 37.4 Å². The number of rotatable bonds is 15. The Kier molecular flexibility index (Phi) is 10.6. The number of aromatic nitrogens is 1. The lowest BCUT2D eigenvalue weighted by Crippen LogP contribution is -2.34. The molecular weight excluding hydrogens is 626 g/mol. The molecule has 2 fully saturated rings. The molecule has 2 aromatic carbocycles. The molecule has 2 aliphatic rings. The number of benzene rings is 2. The maximum absolute atomic E-state index is 13.6. The molecule has 1 amide bonds. The fourth-order valence-electron chi connectivity index (χ4n) is 5.31. The van der Waals surface area contributed by atoms with Gasteiger partial charge >= 0.3 is 6.09 Å². The molecule has 0 atom stereocenters. The summed E-state index contributed by atoms with van der Waals surface area (Å²) in [5, 5.41) is 3.16. The van der Waals surface area contributed by atoms with Crippen LogP contribution in [-0.4, -0.2) is 55.1 Å². The van der Waals surface area contributed by atoms with E-state index in [4.69, 9.17) is 25.8 Å². The molecule has 0 aliphatic heterocycles. The maximum Gasteiger partial charge on any atom is 0.407 e.